The molecule has 2 aliphatic heterocycles. The van der Waals surface area contributed by atoms with Gasteiger partial charge < -0.3 is 19.8 Å². The minimum absolute atomic E-state index is 0.0222. The Hall–Kier alpha value is -2.94. The van der Waals surface area contributed by atoms with Gasteiger partial charge in [-0.05, 0) is 61.3 Å². The lowest BCUT2D eigenvalue weighted by atomic mass is 9.92. The van der Waals surface area contributed by atoms with Gasteiger partial charge in [0.2, 0.25) is 0 Å². The van der Waals surface area contributed by atoms with Crippen LogP contribution >= 0.6 is 7.52 Å². The van der Waals surface area contributed by atoms with Crippen LogP contribution in [-0.2, 0) is 36.6 Å². The fraction of sp³-hybridized carbons (Fsp3) is 0.500. The van der Waals surface area contributed by atoms with Crippen LogP contribution in [0.1, 0.15) is 64.5 Å². The summed E-state index contributed by atoms with van der Waals surface area (Å²) in [5.41, 5.74) is 2.44. The van der Waals surface area contributed by atoms with Gasteiger partial charge in [-0.3, -0.25) is 9.36 Å². The van der Waals surface area contributed by atoms with Crippen molar-refractivity contribution in [1.29, 1.82) is 0 Å². The summed E-state index contributed by atoms with van der Waals surface area (Å²) in [5, 5.41) is 15.1. The summed E-state index contributed by atoms with van der Waals surface area (Å²) >= 11 is 0. The number of hydrogen-bond donors (Lipinski definition) is 2. The number of fused-ring (bicyclic) bond motifs is 1. The van der Waals surface area contributed by atoms with Crippen LogP contribution in [0.2, 0.25) is 0 Å². The highest BCUT2D eigenvalue weighted by Crippen LogP contribution is 2.52. The summed E-state index contributed by atoms with van der Waals surface area (Å²) in [4.78, 5) is 15.6. The van der Waals surface area contributed by atoms with Crippen LogP contribution in [0, 0.1) is 5.41 Å². The fourth-order valence-electron chi connectivity index (χ4n) is 5.36. The highest BCUT2D eigenvalue weighted by atomic mass is 32.2. The molecule has 2 unspecified atom stereocenters. The molecule has 1 amide bonds. The molecule has 0 spiro atoms. The van der Waals surface area contributed by atoms with Crippen molar-refractivity contribution in [2.24, 2.45) is 10.2 Å². The Labute approximate surface area is 255 Å². The van der Waals surface area contributed by atoms with Crippen molar-refractivity contribution < 1.29 is 27.4 Å². The average Bonchev–Trinajstić information content (AvgIpc) is 3.15. The predicted molar refractivity (Wildman–Crippen MR) is 173 cm³/mol. The largest absolute Gasteiger partial charge is 0.509 e. The number of aryl methyl sites for hydroxylation is 1. The molecule has 0 aliphatic carbocycles. The Kier molecular flexibility index (Phi) is 10.2. The summed E-state index contributed by atoms with van der Waals surface area (Å²) < 4.78 is 47.3. The molecule has 0 saturated carbocycles. The number of aliphatic hydroxyl groups excluding tert-OH is 1. The zero-order valence-corrected chi connectivity index (χ0v) is 27.5. The van der Waals surface area contributed by atoms with Gasteiger partial charge in [0, 0.05) is 25.0 Å². The lowest BCUT2D eigenvalue weighted by molar-refractivity contribution is -0.127. The zero-order chi connectivity index (χ0) is 31.4. The third-order valence-electron chi connectivity index (χ3n) is 7.67. The van der Waals surface area contributed by atoms with E-state index in [4.69, 9.17) is 4.52 Å². The Morgan fingerprint density at radius 3 is 2.44 bits per heavy atom. The van der Waals surface area contributed by atoms with E-state index in [2.05, 4.69) is 30.9 Å². The van der Waals surface area contributed by atoms with Crippen molar-refractivity contribution in [2.75, 3.05) is 30.5 Å². The van der Waals surface area contributed by atoms with Crippen LogP contribution < -0.4 is 10.6 Å². The number of nitrogens with zero attached hydrogens (tertiary/aromatic N) is 2. The van der Waals surface area contributed by atoms with E-state index in [0.717, 1.165) is 30.4 Å². The van der Waals surface area contributed by atoms with Gasteiger partial charge in [-0.1, -0.05) is 63.6 Å². The van der Waals surface area contributed by atoms with Crippen molar-refractivity contribution in [2.45, 2.75) is 72.3 Å². The monoisotopic (exact) mass is 629 g/mol. The molecule has 9 nitrogen and oxygen atoms in total. The van der Waals surface area contributed by atoms with Gasteiger partial charge in [0.05, 0.1) is 23.6 Å². The summed E-state index contributed by atoms with van der Waals surface area (Å²) in [6.07, 6.45) is 5.26. The van der Waals surface area contributed by atoms with E-state index in [9.17, 15) is 22.9 Å². The Balaban J connectivity index is 1.63. The van der Waals surface area contributed by atoms with Gasteiger partial charge in [-0.2, -0.15) is 4.76 Å². The number of benzene rings is 2. The Morgan fingerprint density at radius 2 is 1.79 bits per heavy atom. The highest BCUT2D eigenvalue weighted by molar-refractivity contribution is 7.90. The van der Waals surface area contributed by atoms with Crippen molar-refractivity contribution in [3.63, 3.8) is 0 Å². The summed E-state index contributed by atoms with van der Waals surface area (Å²) in [6, 6.07) is 14.7. The number of rotatable bonds is 13. The van der Waals surface area contributed by atoms with Crippen molar-refractivity contribution in [1.82, 2.24) is 4.90 Å². The number of aliphatic hydroxyl groups is 1. The summed E-state index contributed by atoms with van der Waals surface area (Å²) in [6.45, 7) is 8.67. The first-order valence-electron chi connectivity index (χ1n) is 14.9. The summed E-state index contributed by atoms with van der Waals surface area (Å²) in [7, 11) is -6.76. The zero-order valence-electron chi connectivity index (χ0n) is 25.8. The maximum absolute atomic E-state index is 14.2. The lowest BCUT2D eigenvalue weighted by Crippen LogP contribution is -2.40. The topological polar surface area (TPSA) is 125 Å². The van der Waals surface area contributed by atoms with Crippen LogP contribution in [0.25, 0.3) is 0 Å². The molecular weight excluding hydrogens is 585 g/mol. The van der Waals surface area contributed by atoms with Gasteiger partial charge in [-0.25, -0.2) is 8.42 Å². The van der Waals surface area contributed by atoms with Crippen LogP contribution in [0.15, 0.2) is 64.6 Å². The van der Waals surface area contributed by atoms with Gasteiger partial charge in [0.1, 0.15) is 21.2 Å². The second-order valence-electron chi connectivity index (χ2n) is 12.6. The number of carbonyl (C=O) groups excluding carboxylic acids is 1. The first-order valence-corrected chi connectivity index (χ1v) is 18.6. The number of hydrogen-bond acceptors (Lipinski definition) is 7. The molecule has 43 heavy (non-hydrogen) atoms. The molecule has 0 saturated heterocycles. The van der Waals surface area contributed by atoms with Crippen molar-refractivity contribution in [3.8, 4) is 0 Å². The SMILES string of the molecule is CCOP1(=O)N=C(C2=C(O)C(Cc3ccccc3)N(CCC(C)(C)C)C2=O)Nc2ccc(CCCCCS(C)(=O)=O)cc21. The molecule has 2 N–H and O–H groups in total. The normalized spacial score (nSPS) is 20.7. The van der Waals surface area contributed by atoms with E-state index in [-0.39, 0.29) is 40.8 Å². The number of carbonyl (C=O) groups is 1. The van der Waals surface area contributed by atoms with Crippen LogP contribution in [0.5, 0.6) is 0 Å². The minimum atomic E-state index is -3.78. The van der Waals surface area contributed by atoms with Crippen molar-refractivity contribution in [3.05, 3.63) is 71.0 Å². The molecule has 0 bridgehead atoms. The second-order valence-corrected chi connectivity index (χ2v) is 16.8. The van der Waals surface area contributed by atoms with Crippen LogP contribution in [0.3, 0.4) is 0 Å². The molecule has 0 fully saturated rings. The Morgan fingerprint density at radius 1 is 1.07 bits per heavy atom. The van der Waals surface area contributed by atoms with E-state index >= 15 is 0 Å². The smallest absolute Gasteiger partial charge is 0.348 e. The molecule has 2 atom stereocenters. The van der Waals surface area contributed by atoms with Crippen LogP contribution in [-0.4, -0.2) is 61.4 Å². The fourth-order valence-corrected chi connectivity index (χ4v) is 7.92. The average molecular weight is 630 g/mol. The number of unbranched alkanes of at least 4 members (excludes halogenated alkanes) is 2. The standard InChI is InChI=1S/C32H44N3O6PS/c1-6-41-42(38)27-22-24(15-11-8-12-20-43(5,39)40)16-17-25(27)33-30(34-42)28-29(36)26(21-23-13-9-7-10-14-23)35(31(28)37)19-18-32(2,3)4/h7,9-10,13-14,16-17,22,26,36H,6,8,11-12,15,18-21H2,1-5H3,(H,33,34,38). The number of amides is 1. The van der Waals surface area contributed by atoms with Crippen molar-refractivity contribution >= 4 is 40.1 Å². The molecule has 4 rings (SSSR count). The highest BCUT2D eigenvalue weighted by Gasteiger charge is 2.44. The molecular formula is C32H44N3O6PS. The molecule has 0 aromatic heterocycles. The summed E-state index contributed by atoms with van der Waals surface area (Å²) in [5.74, 6) is -0.228. The maximum atomic E-state index is 14.2. The number of anilines is 1. The van der Waals surface area contributed by atoms with E-state index in [1.165, 1.54) is 6.26 Å². The number of amidine groups is 1. The lowest BCUT2D eigenvalue weighted by Gasteiger charge is -2.29. The molecule has 2 aromatic carbocycles. The third kappa shape index (κ3) is 8.37. The second kappa shape index (κ2) is 13.4. The van der Waals surface area contributed by atoms with E-state index in [0.29, 0.717) is 36.8 Å². The van der Waals surface area contributed by atoms with Crippen LogP contribution in [0.4, 0.5) is 5.69 Å². The van der Waals surface area contributed by atoms with Gasteiger partial charge >= 0.3 is 7.52 Å². The van der Waals surface area contributed by atoms with Gasteiger partial charge in [0.15, 0.2) is 5.84 Å². The first-order chi connectivity index (χ1) is 20.2. The molecule has 2 heterocycles. The minimum Gasteiger partial charge on any atom is -0.509 e. The molecule has 234 valence electrons. The van der Waals surface area contributed by atoms with Gasteiger partial charge in [-0.15, -0.1) is 0 Å². The predicted octanol–water partition coefficient (Wildman–Crippen LogP) is 5.82. The van der Waals surface area contributed by atoms with Gasteiger partial charge in [0.25, 0.3) is 5.91 Å². The quantitative estimate of drug-likeness (QED) is 0.211. The third-order valence-corrected chi connectivity index (χ3v) is 10.8. The number of nitrogens with one attached hydrogen (secondary N) is 1. The maximum Gasteiger partial charge on any atom is 0.348 e. The molecule has 11 heteroatoms. The van der Waals surface area contributed by atoms with E-state index in [1.54, 1.807) is 17.9 Å². The molecule has 2 aliphatic rings. The molecule has 0 radical (unpaired) electrons. The molecule has 2 aromatic rings. The first kappa shape index (κ1) is 33.0. The Bertz CT molecular complexity index is 1550. The van der Waals surface area contributed by atoms with E-state index in [1.807, 2.05) is 42.5 Å². The number of sulfone groups is 1. The van der Waals surface area contributed by atoms with E-state index < -0.39 is 23.4 Å².